The molecule has 1 aliphatic heterocycles. The number of anilines is 5. The van der Waals surface area contributed by atoms with Crippen molar-refractivity contribution in [1.82, 2.24) is 15.0 Å². The van der Waals surface area contributed by atoms with E-state index in [1.165, 1.54) is 0 Å². The minimum atomic E-state index is 0.223. The third-order valence-corrected chi connectivity index (χ3v) is 4.64. The van der Waals surface area contributed by atoms with Crippen LogP contribution in [0, 0.1) is 0 Å². The summed E-state index contributed by atoms with van der Waals surface area (Å²) < 4.78 is 0. The lowest BCUT2D eigenvalue weighted by atomic mass is 10.2. The number of rotatable bonds is 3. The van der Waals surface area contributed by atoms with Gasteiger partial charge in [0.05, 0.1) is 11.4 Å². The summed E-state index contributed by atoms with van der Waals surface area (Å²) in [6.07, 6.45) is 0. The minimum Gasteiger partial charge on any atom is -0.292 e. The fourth-order valence-corrected chi connectivity index (χ4v) is 3.57. The number of fused-ring (bicyclic) bond motifs is 2. The summed E-state index contributed by atoms with van der Waals surface area (Å²) >= 11 is 1.71. The normalized spacial score (nSPS) is 12.3. The molecular weight excluding hydrogens is 324 g/mol. The summed E-state index contributed by atoms with van der Waals surface area (Å²) in [5, 5.41) is 0. The van der Waals surface area contributed by atoms with E-state index in [0.29, 0.717) is 5.95 Å². The molecule has 9 heteroatoms. The monoisotopic (exact) mass is 338 g/mol. The Kier molecular flexibility index (Phi) is 3.65. The summed E-state index contributed by atoms with van der Waals surface area (Å²) in [6, 6.07) is 16.1. The lowest BCUT2D eigenvalue weighted by molar-refractivity contribution is 0.977. The predicted octanol–water partition coefficient (Wildman–Crippen LogP) is 2.38. The van der Waals surface area contributed by atoms with E-state index in [0.717, 1.165) is 21.2 Å². The van der Waals surface area contributed by atoms with Crippen LogP contribution >= 0.6 is 11.8 Å². The summed E-state index contributed by atoms with van der Waals surface area (Å²) in [7, 11) is 0. The Balaban J connectivity index is 1.95. The highest BCUT2D eigenvalue weighted by Crippen LogP contribution is 2.50. The van der Waals surface area contributed by atoms with Gasteiger partial charge in [-0.3, -0.25) is 15.8 Å². The van der Waals surface area contributed by atoms with Gasteiger partial charge in [0, 0.05) is 9.79 Å². The zero-order chi connectivity index (χ0) is 16.5. The van der Waals surface area contributed by atoms with E-state index in [9.17, 15) is 0 Å². The van der Waals surface area contributed by atoms with Crippen LogP contribution in [0.5, 0.6) is 0 Å². The topological polar surface area (TPSA) is 118 Å². The molecule has 4 rings (SSSR count). The van der Waals surface area contributed by atoms with Gasteiger partial charge in [0.15, 0.2) is 0 Å². The van der Waals surface area contributed by atoms with Gasteiger partial charge in [-0.1, -0.05) is 36.0 Å². The van der Waals surface area contributed by atoms with Crippen LogP contribution in [0.2, 0.25) is 0 Å². The van der Waals surface area contributed by atoms with Crippen molar-refractivity contribution in [3.05, 3.63) is 48.5 Å². The first-order valence-electron chi connectivity index (χ1n) is 7.15. The zero-order valence-corrected chi connectivity index (χ0v) is 13.3. The van der Waals surface area contributed by atoms with E-state index in [-0.39, 0.29) is 11.9 Å². The number of hydrogen-bond donors (Lipinski definition) is 4. The summed E-state index contributed by atoms with van der Waals surface area (Å²) in [6.45, 7) is 0. The third kappa shape index (κ3) is 2.40. The zero-order valence-electron chi connectivity index (χ0n) is 12.5. The average Bonchev–Trinajstić information content (AvgIpc) is 2.65. The van der Waals surface area contributed by atoms with Gasteiger partial charge >= 0.3 is 0 Å². The maximum atomic E-state index is 5.47. The van der Waals surface area contributed by atoms with Crippen LogP contribution in [0.25, 0.3) is 0 Å². The number of aromatic nitrogens is 3. The Morgan fingerprint density at radius 3 is 1.75 bits per heavy atom. The van der Waals surface area contributed by atoms with Gasteiger partial charge in [-0.25, -0.2) is 11.7 Å². The molecule has 0 radical (unpaired) electrons. The van der Waals surface area contributed by atoms with E-state index < -0.39 is 0 Å². The molecular formula is C15H14N8S. The van der Waals surface area contributed by atoms with E-state index in [1.54, 1.807) is 11.8 Å². The molecule has 0 saturated heterocycles. The highest BCUT2D eigenvalue weighted by atomic mass is 32.2. The van der Waals surface area contributed by atoms with Crippen LogP contribution in [-0.2, 0) is 0 Å². The summed E-state index contributed by atoms with van der Waals surface area (Å²) in [5.41, 5.74) is 6.85. The Labute approximate surface area is 142 Å². The summed E-state index contributed by atoms with van der Waals surface area (Å²) in [5.74, 6) is 11.8. The van der Waals surface area contributed by atoms with Crippen molar-refractivity contribution < 1.29 is 0 Å². The molecule has 1 aliphatic rings. The maximum Gasteiger partial charge on any atom is 0.243 e. The molecule has 3 aromatic rings. The van der Waals surface area contributed by atoms with Crippen LogP contribution in [-0.4, -0.2) is 15.0 Å². The predicted molar refractivity (Wildman–Crippen MR) is 94.3 cm³/mol. The number of nitrogens with one attached hydrogen (secondary N) is 2. The number of hydrazine groups is 2. The van der Waals surface area contributed by atoms with E-state index in [1.807, 2.05) is 41.3 Å². The highest BCUT2D eigenvalue weighted by Gasteiger charge is 2.26. The number of benzene rings is 2. The van der Waals surface area contributed by atoms with Crippen molar-refractivity contribution in [2.45, 2.75) is 9.79 Å². The molecule has 24 heavy (non-hydrogen) atoms. The van der Waals surface area contributed by atoms with E-state index in [4.69, 9.17) is 11.7 Å². The molecule has 0 aliphatic carbocycles. The molecule has 0 bridgehead atoms. The highest BCUT2D eigenvalue weighted by molar-refractivity contribution is 7.99. The number of nitrogens with zero attached hydrogens (tertiary/aromatic N) is 4. The van der Waals surface area contributed by atoms with Crippen molar-refractivity contribution in [2.24, 2.45) is 11.7 Å². The van der Waals surface area contributed by atoms with Crippen molar-refractivity contribution in [1.29, 1.82) is 0 Å². The number of para-hydroxylation sites is 2. The molecule has 0 atom stereocenters. The Morgan fingerprint density at radius 1 is 0.750 bits per heavy atom. The van der Waals surface area contributed by atoms with Crippen LogP contribution in [0.1, 0.15) is 0 Å². The molecule has 2 heterocycles. The van der Waals surface area contributed by atoms with Gasteiger partial charge in [-0.15, -0.1) is 0 Å². The SMILES string of the molecule is NNc1nc(NN)nc(N2c3ccccc3Sc3ccccc32)n1. The van der Waals surface area contributed by atoms with Gasteiger partial charge in [0.2, 0.25) is 17.8 Å². The lowest BCUT2D eigenvalue weighted by Crippen LogP contribution is -2.22. The molecule has 120 valence electrons. The van der Waals surface area contributed by atoms with Gasteiger partial charge in [-0.2, -0.15) is 15.0 Å². The van der Waals surface area contributed by atoms with Gasteiger partial charge in [0.25, 0.3) is 0 Å². The molecule has 0 spiro atoms. The number of nitrogen functional groups attached to an aromatic ring is 2. The Hall–Kier alpha value is -2.88. The second-order valence-corrected chi connectivity index (χ2v) is 6.03. The summed E-state index contributed by atoms with van der Waals surface area (Å²) in [4.78, 5) is 17.0. The molecule has 8 nitrogen and oxygen atoms in total. The fraction of sp³-hybridized carbons (Fsp3) is 0. The smallest absolute Gasteiger partial charge is 0.243 e. The standard InChI is InChI=1S/C15H14N8S/c16-21-13-18-14(22-17)20-15(19-13)23-9-5-1-3-7-11(9)24-12-8-4-2-6-10(12)23/h1-8H,16-17H2,(H2,18,19,20,21,22). The lowest BCUT2D eigenvalue weighted by Gasteiger charge is -2.31. The Bertz CT molecular complexity index is 832. The van der Waals surface area contributed by atoms with Crippen molar-refractivity contribution in [3.63, 3.8) is 0 Å². The van der Waals surface area contributed by atoms with Gasteiger partial charge < -0.3 is 0 Å². The van der Waals surface area contributed by atoms with Crippen LogP contribution in [0.3, 0.4) is 0 Å². The molecule has 0 fully saturated rings. The first-order chi connectivity index (χ1) is 11.8. The van der Waals surface area contributed by atoms with Crippen molar-refractivity contribution >= 4 is 41.0 Å². The molecule has 0 unspecified atom stereocenters. The molecule has 0 amide bonds. The number of hydrogen-bond acceptors (Lipinski definition) is 9. The number of nitrogens with two attached hydrogens (primary N) is 2. The fourth-order valence-electron chi connectivity index (χ4n) is 2.51. The van der Waals surface area contributed by atoms with Crippen molar-refractivity contribution in [3.8, 4) is 0 Å². The van der Waals surface area contributed by atoms with Gasteiger partial charge in [0.1, 0.15) is 0 Å². The molecule has 0 saturated carbocycles. The van der Waals surface area contributed by atoms with E-state index >= 15 is 0 Å². The second kappa shape index (κ2) is 5.96. The van der Waals surface area contributed by atoms with Crippen LogP contribution in [0.4, 0.5) is 29.2 Å². The maximum absolute atomic E-state index is 5.47. The molecule has 6 N–H and O–H groups in total. The first kappa shape index (κ1) is 14.7. The average molecular weight is 338 g/mol. The second-order valence-electron chi connectivity index (χ2n) is 4.94. The van der Waals surface area contributed by atoms with E-state index in [2.05, 4.69) is 37.9 Å². The Morgan fingerprint density at radius 2 is 1.25 bits per heavy atom. The van der Waals surface area contributed by atoms with Crippen molar-refractivity contribution in [2.75, 3.05) is 15.8 Å². The minimum absolute atomic E-state index is 0.223. The third-order valence-electron chi connectivity index (χ3n) is 3.51. The molecule has 1 aromatic heterocycles. The van der Waals surface area contributed by atoms with Crippen LogP contribution in [0.15, 0.2) is 58.3 Å². The van der Waals surface area contributed by atoms with Crippen LogP contribution < -0.4 is 27.4 Å². The molecule has 2 aromatic carbocycles. The van der Waals surface area contributed by atoms with Gasteiger partial charge in [-0.05, 0) is 24.3 Å². The quantitative estimate of drug-likeness (QED) is 0.330. The largest absolute Gasteiger partial charge is 0.292 e. The first-order valence-corrected chi connectivity index (χ1v) is 7.97.